The Morgan fingerprint density at radius 1 is 1.38 bits per heavy atom. The van der Waals surface area contributed by atoms with Crippen LogP contribution in [0.4, 0.5) is 11.4 Å². The van der Waals surface area contributed by atoms with Crippen LogP contribution in [0.1, 0.15) is 26.2 Å². The minimum Gasteiger partial charge on any atom is -0.318 e. The van der Waals surface area contributed by atoms with Gasteiger partial charge in [0.05, 0.1) is 9.82 Å². The summed E-state index contributed by atoms with van der Waals surface area (Å²) in [6.45, 7) is 2.40. The summed E-state index contributed by atoms with van der Waals surface area (Å²) < 4.78 is 25.9. The number of sulfonamides is 1. The first-order valence-electron chi connectivity index (χ1n) is 6.56. The number of unbranched alkanes of at least 4 members (excludes halogenated alkanes) is 2. The van der Waals surface area contributed by atoms with Gasteiger partial charge in [-0.1, -0.05) is 19.8 Å². The third kappa shape index (κ3) is 4.13. The molecule has 0 aliphatic rings. The minimum absolute atomic E-state index is 0.0626. The predicted octanol–water partition coefficient (Wildman–Crippen LogP) is 1.69. The summed E-state index contributed by atoms with van der Waals surface area (Å²) in [6, 6.07) is 3.60. The molecule has 0 fully saturated rings. The Balaban J connectivity index is 3.08. The first-order chi connectivity index (χ1) is 9.84. The van der Waals surface area contributed by atoms with Crippen LogP contribution >= 0.6 is 0 Å². The molecule has 0 heterocycles. The normalized spacial score (nSPS) is 11.6. The van der Waals surface area contributed by atoms with Crippen molar-refractivity contribution in [2.45, 2.75) is 31.1 Å². The van der Waals surface area contributed by atoms with Crippen molar-refractivity contribution < 1.29 is 13.3 Å². The third-order valence-corrected chi connectivity index (χ3v) is 4.96. The van der Waals surface area contributed by atoms with Gasteiger partial charge < -0.3 is 5.43 Å². The molecular weight excluding hydrogens is 296 g/mol. The highest BCUT2D eigenvalue weighted by atomic mass is 32.2. The van der Waals surface area contributed by atoms with Gasteiger partial charge in [-0.25, -0.2) is 12.7 Å². The monoisotopic (exact) mass is 316 g/mol. The van der Waals surface area contributed by atoms with Crippen molar-refractivity contribution in [2.75, 3.05) is 19.0 Å². The Morgan fingerprint density at radius 2 is 2.05 bits per heavy atom. The highest BCUT2D eigenvalue weighted by Gasteiger charge is 2.24. The van der Waals surface area contributed by atoms with Gasteiger partial charge in [-0.05, 0) is 18.6 Å². The molecule has 0 saturated carbocycles. The number of hydrazine groups is 1. The van der Waals surface area contributed by atoms with Crippen LogP contribution < -0.4 is 11.3 Å². The average molecular weight is 316 g/mol. The summed E-state index contributed by atoms with van der Waals surface area (Å²) in [7, 11) is -2.28. The van der Waals surface area contributed by atoms with Gasteiger partial charge >= 0.3 is 0 Å². The van der Waals surface area contributed by atoms with Crippen molar-refractivity contribution in [3.8, 4) is 0 Å². The van der Waals surface area contributed by atoms with Gasteiger partial charge in [0, 0.05) is 19.7 Å². The Labute approximate surface area is 124 Å². The molecular formula is C12H20N4O4S. The molecule has 9 heteroatoms. The molecule has 8 nitrogen and oxygen atoms in total. The lowest BCUT2D eigenvalue weighted by molar-refractivity contribution is -0.384. The molecule has 0 saturated heterocycles. The summed E-state index contributed by atoms with van der Waals surface area (Å²) >= 11 is 0. The van der Waals surface area contributed by atoms with E-state index in [9.17, 15) is 18.5 Å². The van der Waals surface area contributed by atoms with Gasteiger partial charge in [0.2, 0.25) is 10.0 Å². The van der Waals surface area contributed by atoms with E-state index >= 15 is 0 Å². The van der Waals surface area contributed by atoms with E-state index in [2.05, 4.69) is 5.43 Å². The van der Waals surface area contributed by atoms with Gasteiger partial charge in [0.1, 0.15) is 5.69 Å². The molecule has 1 aromatic rings. The van der Waals surface area contributed by atoms with Crippen LogP contribution in [0.5, 0.6) is 0 Å². The van der Waals surface area contributed by atoms with Crippen molar-refractivity contribution in [3.63, 3.8) is 0 Å². The molecule has 3 N–H and O–H groups in total. The second-order valence-corrected chi connectivity index (χ2v) is 6.66. The van der Waals surface area contributed by atoms with Gasteiger partial charge in [0.15, 0.2) is 0 Å². The summed E-state index contributed by atoms with van der Waals surface area (Å²) in [5.41, 5.74) is 1.86. The molecule has 0 amide bonds. The number of nitrogens with zero attached hydrogens (tertiary/aromatic N) is 2. The molecule has 118 valence electrons. The largest absolute Gasteiger partial charge is 0.318 e. The first-order valence-corrected chi connectivity index (χ1v) is 8.00. The number of nitrogens with one attached hydrogen (secondary N) is 1. The van der Waals surface area contributed by atoms with Crippen molar-refractivity contribution in [1.29, 1.82) is 0 Å². The van der Waals surface area contributed by atoms with Gasteiger partial charge in [0.25, 0.3) is 5.69 Å². The van der Waals surface area contributed by atoms with Crippen LogP contribution in [0, 0.1) is 10.1 Å². The number of benzene rings is 1. The summed E-state index contributed by atoms with van der Waals surface area (Å²) in [5, 5.41) is 10.9. The molecule has 0 aromatic heterocycles. The van der Waals surface area contributed by atoms with E-state index in [4.69, 9.17) is 5.84 Å². The van der Waals surface area contributed by atoms with Crippen molar-refractivity contribution >= 4 is 21.4 Å². The van der Waals surface area contributed by atoms with E-state index in [1.54, 1.807) is 0 Å². The van der Waals surface area contributed by atoms with Crippen molar-refractivity contribution in [1.82, 2.24) is 4.31 Å². The number of hydrogen-bond acceptors (Lipinski definition) is 6. The SMILES string of the molecule is CCCCCN(C)S(=O)(=O)c1ccc(NN)c([N+](=O)[O-])c1. The van der Waals surface area contributed by atoms with Crippen LogP contribution in [0.3, 0.4) is 0 Å². The fraction of sp³-hybridized carbons (Fsp3) is 0.500. The number of hydrogen-bond donors (Lipinski definition) is 2. The lowest BCUT2D eigenvalue weighted by atomic mass is 10.2. The Kier molecular flexibility index (Phi) is 6.06. The maximum atomic E-state index is 12.4. The number of nitrogen functional groups attached to an aromatic ring is 1. The molecule has 1 rings (SSSR count). The number of rotatable bonds is 8. The Hall–Kier alpha value is -1.71. The summed E-state index contributed by atoms with van der Waals surface area (Å²) in [5.74, 6) is 5.17. The zero-order valence-electron chi connectivity index (χ0n) is 12.1. The number of nitrogens with two attached hydrogens (primary N) is 1. The molecule has 0 spiro atoms. The molecule has 0 aliphatic heterocycles. The van der Waals surface area contributed by atoms with Crippen molar-refractivity contribution in [3.05, 3.63) is 28.3 Å². The smallest absolute Gasteiger partial charge is 0.294 e. The highest BCUT2D eigenvalue weighted by Crippen LogP contribution is 2.28. The number of nitro benzene ring substituents is 1. The van der Waals surface area contributed by atoms with Crippen LogP contribution in [0.15, 0.2) is 23.1 Å². The second-order valence-electron chi connectivity index (χ2n) is 4.61. The molecule has 21 heavy (non-hydrogen) atoms. The molecule has 1 aromatic carbocycles. The van der Waals surface area contributed by atoms with Crippen LogP contribution in [-0.2, 0) is 10.0 Å². The lowest BCUT2D eigenvalue weighted by Crippen LogP contribution is -2.28. The average Bonchev–Trinajstić information content (AvgIpc) is 2.46. The van der Waals surface area contributed by atoms with Crippen LogP contribution in [0.25, 0.3) is 0 Å². The summed E-state index contributed by atoms with van der Waals surface area (Å²) in [6.07, 6.45) is 2.66. The quantitative estimate of drug-likeness (QED) is 0.326. The van der Waals surface area contributed by atoms with E-state index in [1.165, 1.54) is 23.5 Å². The minimum atomic E-state index is -3.74. The van der Waals surface area contributed by atoms with E-state index < -0.39 is 14.9 Å². The maximum absolute atomic E-state index is 12.4. The zero-order valence-corrected chi connectivity index (χ0v) is 12.9. The van der Waals surface area contributed by atoms with E-state index in [0.29, 0.717) is 6.54 Å². The zero-order chi connectivity index (χ0) is 16.0. The Bertz CT molecular complexity index is 603. The fourth-order valence-corrected chi connectivity index (χ4v) is 3.06. The summed E-state index contributed by atoms with van der Waals surface area (Å²) in [4.78, 5) is 10.1. The third-order valence-electron chi connectivity index (χ3n) is 3.11. The van der Waals surface area contributed by atoms with E-state index in [-0.39, 0.29) is 16.3 Å². The molecule has 0 unspecified atom stereocenters. The van der Waals surface area contributed by atoms with E-state index in [1.807, 2.05) is 6.92 Å². The van der Waals surface area contributed by atoms with E-state index in [0.717, 1.165) is 25.3 Å². The fourth-order valence-electron chi connectivity index (χ4n) is 1.83. The standard InChI is InChI=1S/C12H20N4O4S/c1-3-4-5-8-15(2)21(19,20)10-6-7-11(14-13)12(9-10)16(17)18/h6-7,9,14H,3-5,8,13H2,1-2H3. The topological polar surface area (TPSA) is 119 Å². The van der Waals surface area contributed by atoms with Gasteiger partial charge in [-0.2, -0.15) is 0 Å². The number of nitro groups is 1. The maximum Gasteiger partial charge on any atom is 0.294 e. The lowest BCUT2D eigenvalue weighted by Gasteiger charge is -2.17. The second kappa shape index (κ2) is 7.34. The van der Waals surface area contributed by atoms with Gasteiger partial charge in [-0.15, -0.1) is 0 Å². The number of anilines is 1. The highest BCUT2D eigenvalue weighted by molar-refractivity contribution is 7.89. The molecule has 0 radical (unpaired) electrons. The Morgan fingerprint density at radius 3 is 2.57 bits per heavy atom. The van der Waals surface area contributed by atoms with Crippen molar-refractivity contribution in [2.24, 2.45) is 5.84 Å². The predicted molar refractivity (Wildman–Crippen MR) is 80.2 cm³/mol. The molecule has 0 atom stereocenters. The first kappa shape index (κ1) is 17.3. The van der Waals surface area contributed by atoms with Gasteiger partial charge in [-0.3, -0.25) is 16.0 Å². The molecule has 0 bridgehead atoms. The van der Waals surface area contributed by atoms with Crippen LogP contribution in [-0.4, -0.2) is 31.2 Å². The molecule has 0 aliphatic carbocycles. The van der Waals surface area contributed by atoms with Crippen LogP contribution in [0.2, 0.25) is 0 Å².